The van der Waals surface area contributed by atoms with Crippen LogP contribution in [-0.2, 0) is 30.7 Å². The molecular weight excluding hydrogens is 753 g/mol. The Kier molecular flexibility index (Phi) is 10.3. The summed E-state index contributed by atoms with van der Waals surface area (Å²) in [7, 11) is 0. The van der Waals surface area contributed by atoms with Crippen molar-refractivity contribution in [1.82, 2.24) is 55.0 Å². The molecule has 8 bridgehead atoms. The third-order valence-electron chi connectivity index (χ3n) is 8.79. The molecule has 0 aliphatic carbocycles. The molecule has 6 heterocycles. The molecule has 3 aliphatic heterocycles. The molecule has 3 aliphatic rings. The molecule has 3 aromatic carbocycles. The number of carbonyl (C=O) groups excluding carboxylic acids is 1. The van der Waals surface area contributed by atoms with E-state index in [0.29, 0.717) is 83.2 Å². The number of hydrogen-bond acceptors (Lipinski definition) is 14. The Morgan fingerprint density at radius 3 is 1.55 bits per heavy atom. The van der Waals surface area contributed by atoms with Gasteiger partial charge in [0.15, 0.2) is 11.5 Å². The van der Waals surface area contributed by atoms with E-state index in [9.17, 15) is 4.79 Å². The van der Waals surface area contributed by atoms with Crippen LogP contribution in [0, 0.1) is 0 Å². The zero-order valence-corrected chi connectivity index (χ0v) is 30.3. The zero-order chi connectivity index (χ0) is 36.4. The van der Waals surface area contributed by atoms with Gasteiger partial charge < -0.3 is 43.5 Å². The fourth-order valence-electron chi connectivity index (χ4n) is 6.27. The van der Waals surface area contributed by atoms with Gasteiger partial charge in [-0.3, -0.25) is 15.0 Å². The summed E-state index contributed by atoms with van der Waals surface area (Å²) < 4.78 is 29.3. The number of rotatable bonds is 1. The summed E-state index contributed by atoms with van der Waals surface area (Å²) in [4.78, 5) is 52.1. The van der Waals surface area contributed by atoms with Crippen molar-refractivity contribution in [3.8, 4) is 57.1 Å². The first-order chi connectivity index (χ1) is 26.6. The quantitative estimate of drug-likeness (QED) is 0.216. The Bertz CT molecular complexity index is 2400. The summed E-state index contributed by atoms with van der Waals surface area (Å²) in [6, 6.07) is 18.9. The molecule has 0 saturated carbocycles. The molecule has 1 amide bonds. The standard InChI is InChI=1S/C37H31N11O6.Ni/c1-2-52-37(49)48-11-13-50-15-17-53-27-19-25-26(20-28(27)54-18-16-51-14-12-48)34-41-30-22-8-4-6-10-24(22)32(39-30)44-36-45-35(46-47-36)43-31-23-9-5-3-7-21(23)29(38-31)40-33(25)42-34;/h3-10,19-20H,2,11-18H2,1H3;/q-2;+2. The Labute approximate surface area is 322 Å². The number of hydrogen-bond donors (Lipinski definition) is 0. The minimum atomic E-state index is -0.412. The fraction of sp³-hybridized carbons (Fsp3) is 0.270. The number of benzene rings is 3. The van der Waals surface area contributed by atoms with Crippen molar-refractivity contribution in [3.05, 3.63) is 60.7 Å². The molecule has 6 aromatic rings. The predicted octanol–water partition coefficient (Wildman–Crippen LogP) is 4.02. The van der Waals surface area contributed by atoms with Gasteiger partial charge in [0.05, 0.1) is 44.7 Å². The number of carbonyl (C=O) groups is 1. The van der Waals surface area contributed by atoms with Crippen molar-refractivity contribution in [2.45, 2.75) is 6.92 Å². The Morgan fingerprint density at radius 1 is 0.636 bits per heavy atom. The second kappa shape index (κ2) is 15.7. The van der Waals surface area contributed by atoms with Gasteiger partial charge in [0.25, 0.3) is 0 Å². The average molecular weight is 784 g/mol. The fourth-order valence-corrected chi connectivity index (χ4v) is 6.27. The maximum absolute atomic E-state index is 12.4. The van der Waals surface area contributed by atoms with Crippen molar-refractivity contribution in [2.75, 3.05) is 59.3 Å². The van der Waals surface area contributed by atoms with E-state index in [4.69, 9.17) is 48.6 Å². The van der Waals surface area contributed by atoms with Crippen LogP contribution in [0.5, 0.6) is 11.5 Å². The normalized spacial score (nSPS) is 14.5. The van der Waals surface area contributed by atoms with Crippen molar-refractivity contribution in [1.29, 1.82) is 0 Å². The second-order valence-electron chi connectivity index (χ2n) is 12.2. The summed E-state index contributed by atoms with van der Waals surface area (Å²) >= 11 is 0. The minimum absolute atomic E-state index is 0. The molecule has 0 saturated heterocycles. The van der Waals surface area contributed by atoms with Gasteiger partial charge in [0.1, 0.15) is 36.4 Å². The molecular formula is C37H31N11NiO6. The van der Waals surface area contributed by atoms with E-state index in [1.165, 1.54) is 0 Å². The van der Waals surface area contributed by atoms with Crippen LogP contribution >= 0.6 is 0 Å². The molecule has 9 rings (SSSR count). The van der Waals surface area contributed by atoms with Crippen molar-refractivity contribution < 1.29 is 45.0 Å². The third-order valence-corrected chi connectivity index (χ3v) is 8.79. The topological polar surface area (TPSA) is 198 Å². The average Bonchev–Trinajstić information content (AvgIpc) is 3.95. The third kappa shape index (κ3) is 7.26. The first kappa shape index (κ1) is 35.9. The van der Waals surface area contributed by atoms with Gasteiger partial charge in [-0.25, -0.2) is 25.0 Å². The number of fused-ring (bicyclic) bond motifs is 18. The Morgan fingerprint density at radius 2 is 1.09 bits per heavy atom. The molecule has 0 fully saturated rings. The number of amides is 1. The molecule has 0 N–H and O–H groups in total. The maximum Gasteiger partial charge on any atom is 2.00 e. The molecule has 18 heteroatoms. The van der Waals surface area contributed by atoms with E-state index in [2.05, 4.69) is 25.1 Å². The molecule has 0 atom stereocenters. The summed E-state index contributed by atoms with van der Waals surface area (Å²) in [5, 5.41) is 9.57. The number of aromatic nitrogens is 10. The summed E-state index contributed by atoms with van der Waals surface area (Å²) in [6.45, 7) is 4.32. The van der Waals surface area contributed by atoms with Gasteiger partial charge in [-0.2, -0.15) is 0 Å². The van der Waals surface area contributed by atoms with Crippen LogP contribution in [0.3, 0.4) is 0 Å². The van der Waals surface area contributed by atoms with Crippen molar-refractivity contribution >= 4 is 39.7 Å². The smallest absolute Gasteiger partial charge is 0.487 e. The maximum atomic E-state index is 12.4. The van der Waals surface area contributed by atoms with Crippen LogP contribution in [0.15, 0.2) is 60.7 Å². The molecule has 55 heavy (non-hydrogen) atoms. The van der Waals surface area contributed by atoms with E-state index < -0.39 is 6.09 Å². The van der Waals surface area contributed by atoms with E-state index in [0.717, 1.165) is 22.3 Å². The van der Waals surface area contributed by atoms with Gasteiger partial charge in [0.2, 0.25) is 0 Å². The Hall–Kier alpha value is -6.10. The largest absolute Gasteiger partial charge is 2.00 e. The van der Waals surface area contributed by atoms with Gasteiger partial charge >= 0.3 is 22.6 Å². The second-order valence-corrected chi connectivity index (χ2v) is 12.2. The van der Waals surface area contributed by atoms with Gasteiger partial charge in [-0.05, 0) is 29.8 Å². The van der Waals surface area contributed by atoms with Crippen LogP contribution < -0.4 is 19.4 Å². The predicted molar refractivity (Wildman–Crippen MR) is 193 cm³/mol. The molecule has 3 aromatic heterocycles. The Balaban J connectivity index is 0.00000427. The molecule has 280 valence electrons. The van der Waals surface area contributed by atoms with Crippen molar-refractivity contribution in [3.63, 3.8) is 0 Å². The van der Waals surface area contributed by atoms with Crippen molar-refractivity contribution in [2.24, 2.45) is 0 Å². The number of ether oxygens (including phenoxy) is 5. The minimum Gasteiger partial charge on any atom is -0.487 e. The van der Waals surface area contributed by atoms with Crippen LogP contribution in [0.4, 0.5) is 4.79 Å². The number of nitrogens with zero attached hydrogens (tertiary/aromatic N) is 11. The first-order valence-electron chi connectivity index (χ1n) is 17.4. The summed E-state index contributed by atoms with van der Waals surface area (Å²) in [5.74, 6) is 2.71. The van der Waals surface area contributed by atoms with E-state index >= 15 is 0 Å². The summed E-state index contributed by atoms with van der Waals surface area (Å²) in [5.41, 5.74) is 3.77. The summed E-state index contributed by atoms with van der Waals surface area (Å²) in [6.07, 6.45) is -0.412. The van der Waals surface area contributed by atoms with E-state index in [1.807, 2.05) is 60.7 Å². The monoisotopic (exact) mass is 783 g/mol. The van der Waals surface area contributed by atoms with Crippen LogP contribution in [0.1, 0.15) is 6.92 Å². The van der Waals surface area contributed by atoms with Crippen LogP contribution in [0.25, 0.3) is 79.2 Å². The molecule has 0 radical (unpaired) electrons. The van der Waals surface area contributed by atoms with E-state index in [1.54, 1.807) is 11.8 Å². The molecule has 0 unspecified atom stereocenters. The van der Waals surface area contributed by atoms with Crippen LogP contribution in [-0.4, -0.2) is 110 Å². The zero-order valence-electron chi connectivity index (χ0n) is 29.3. The SMILES string of the molecule is CCOC(=O)N1CCOCCOc2cc3c4nc5nc(nc6nnc(nc7nc(nc([n-]4)c3cc2OCCOCC1)-c1ccccc1-7)[n-]6)-c1ccccc1-5.[Ni+2]. The first-order valence-corrected chi connectivity index (χ1v) is 17.4. The van der Waals surface area contributed by atoms with Gasteiger partial charge in [0, 0.05) is 46.6 Å². The van der Waals surface area contributed by atoms with Gasteiger partial charge in [-0.1, -0.05) is 48.5 Å². The van der Waals surface area contributed by atoms with E-state index in [-0.39, 0.29) is 61.1 Å². The van der Waals surface area contributed by atoms with Crippen LogP contribution in [0.2, 0.25) is 0 Å². The molecule has 17 nitrogen and oxygen atoms in total. The van der Waals surface area contributed by atoms with Gasteiger partial charge in [-0.15, -0.1) is 0 Å². The molecule has 0 spiro atoms.